The van der Waals surface area contributed by atoms with Crippen molar-refractivity contribution in [2.75, 3.05) is 0 Å². The summed E-state index contributed by atoms with van der Waals surface area (Å²) in [5.41, 5.74) is 5.01. The third-order valence-electron chi connectivity index (χ3n) is 3.27. The second kappa shape index (κ2) is 4.62. The Labute approximate surface area is 132 Å². The van der Waals surface area contributed by atoms with Gasteiger partial charge in [0, 0.05) is 29.1 Å². The number of aromatic nitrogens is 3. The highest BCUT2D eigenvalue weighted by Crippen LogP contribution is 2.38. The number of thiophene rings is 1. The first kappa shape index (κ1) is 12.4. The molecule has 0 saturated heterocycles. The van der Waals surface area contributed by atoms with Crippen LogP contribution in [0.2, 0.25) is 5.28 Å². The fourth-order valence-corrected chi connectivity index (χ4v) is 4.14. The van der Waals surface area contributed by atoms with Gasteiger partial charge in [0.1, 0.15) is 5.52 Å². The summed E-state index contributed by atoms with van der Waals surface area (Å²) in [5.74, 6) is 0. The van der Waals surface area contributed by atoms with Gasteiger partial charge in [-0.25, -0.2) is 9.97 Å². The topological polar surface area (TPSA) is 38.7 Å². The summed E-state index contributed by atoms with van der Waals surface area (Å²) in [4.78, 5) is 13.2. The molecule has 6 heteroatoms. The lowest BCUT2D eigenvalue weighted by atomic mass is 10.1. The van der Waals surface area contributed by atoms with Crippen molar-refractivity contribution in [1.82, 2.24) is 15.0 Å². The van der Waals surface area contributed by atoms with E-state index >= 15 is 0 Å². The molecule has 0 unspecified atom stereocenters. The van der Waals surface area contributed by atoms with Crippen LogP contribution in [0.3, 0.4) is 0 Å². The van der Waals surface area contributed by atoms with E-state index in [1.807, 2.05) is 17.6 Å². The summed E-state index contributed by atoms with van der Waals surface area (Å²) in [6.07, 6.45) is 6.92. The molecule has 0 radical (unpaired) electrons. The van der Waals surface area contributed by atoms with E-state index in [2.05, 4.69) is 43.0 Å². The van der Waals surface area contributed by atoms with Gasteiger partial charge in [-0.15, -0.1) is 11.3 Å². The Kier molecular flexibility index (Phi) is 2.87. The Hall–Kier alpha value is -1.30. The van der Waals surface area contributed by atoms with Crippen LogP contribution in [0.15, 0.2) is 28.2 Å². The molecule has 98 valence electrons. The van der Waals surface area contributed by atoms with Crippen LogP contribution in [0.4, 0.5) is 0 Å². The first-order valence-corrected chi connectivity index (χ1v) is 8.04. The molecule has 3 nitrogen and oxygen atoms in total. The van der Waals surface area contributed by atoms with Crippen molar-refractivity contribution in [2.45, 2.75) is 6.42 Å². The SMILES string of the molecule is Clc1nc(-c2ccnc3c2C=CC3)c2scc(Br)c2n1. The zero-order valence-electron chi connectivity index (χ0n) is 10.1. The van der Waals surface area contributed by atoms with Crippen molar-refractivity contribution in [3.05, 3.63) is 44.7 Å². The summed E-state index contributed by atoms with van der Waals surface area (Å²) in [6, 6.07) is 1.99. The molecular formula is C14H7BrClN3S. The largest absolute Gasteiger partial charge is 0.260 e. The van der Waals surface area contributed by atoms with Crippen LogP contribution in [-0.4, -0.2) is 15.0 Å². The van der Waals surface area contributed by atoms with Gasteiger partial charge in [-0.3, -0.25) is 4.98 Å². The Morgan fingerprint density at radius 2 is 2.20 bits per heavy atom. The average molecular weight is 365 g/mol. The Morgan fingerprint density at radius 1 is 1.30 bits per heavy atom. The van der Waals surface area contributed by atoms with Crippen LogP contribution in [0.25, 0.3) is 27.6 Å². The molecule has 3 aromatic heterocycles. The van der Waals surface area contributed by atoms with Gasteiger partial charge in [0.15, 0.2) is 0 Å². The molecule has 1 aliphatic carbocycles. The van der Waals surface area contributed by atoms with Gasteiger partial charge in [-0.2, -0.15) is 0 Å². The summed E-state index contributed by atoms with van der Waals surface area (Å²) in [7, 11) is 0. The second-order valence-electron chi connectivity index (χ2n) is 4.43. The standard InChI is InChI=1S/C14H7BrClN3S/c15-9-6-20-13-11(18-14(16)19-12(9)13)8-4-5-17-10-3-1-2-7(8)10/h1-2,4-6H,3H2. The number of halogens is 2. The van der Waals surface area contributed by atoms with Crippen molar-refractivity contribution in [2.24, 2.45) is 0 Å². The van der Waals surface area contributed by atoms with Gasteiger partial charge < -0.3 is 0 Å². The molecule has 0 aromatic carbocycles. The third-order valence-corrected chi connectivity index (χ3v) is 5.32. The smallest absolute Gasteiger partial charge is 0.223 e. The fraction of sp³-hybridized carbons (Fsp3) is 0.0714. The van der Waals surface area contributed by atoms with E-state index in [9.17, 15) is 0 Å². The van der Waals surface area contributed by atoms with Crippen molar-refractivity contribution in [3.8, 4) is 11.3 Å². The number of hydrogen-bond acceptors (Lipinski definition) is 4. The van der Waals surface area contributed by atoms with Gasteiger partial charge in [-0.1, -0.05) is 12.2 Å². The monoisotopic (exact) mass is 363 g/mol. The average Bonchev–Trinajstić information content (AvgIpc) is 3.05. The van der Waals surface area contributed by atoms with Gasteiger partial charge in [0.05, 0.1) is 20.6 Å². The lowest BCUT2D eigenvalue weighted by molar-refractivity contribution is 1.13. The predicted octanol–water partition coefficient (Wildman–Crippen LogP) is 4.74. The maximum atomic E-state index is 6.08. The molecule has 20 heavy (non-hydrogen) atoms. The summed E-state index contributed by atoms with van der Waals surface area (Å²) in [6.45, 7) is 0. The van der Waals surface area contributed by atoms with Crippen molar-refractivity contribution < 1.29 is 0 Å². The van der Waals surface area contributed by atoms with Crippen molar-refractivity contribution in [3.63, 3.8) is 0 Å². The highest BCUT2D eigenvalue weighted by molar-refractivity contribution is 9.10. The van der Waals surface area contributed by atoms with E-state index in [4.69, 9.17) is 11.6 Å². The van der Waals surface area contributed by atoms with Gasteiger partial charge in [0.2, 0.25) is 5.28 Å². The third kappa shape index (κ3) is 1.81. The molecule has 4 rings (SSSR count). The number of nitrogens with zero attached hydrogens (tertiary/aromatic N) is 3. The minimum Gasteiger partial charge on any atom is -0.260 e. The molecule has 0 N–H and O–H groups in total. The predicted molar refractivity (Wildman–Crippen MR) is 86.1 cm³/mol. The minimum absolute atomic E-state index is 0.263. The van der Waals surface area contributed by atoms with Crippen molar-refractivity contribution in [1.29, 1.82) is 0 Å². The molecule has 3 aromatic rings. The molecule has 0 atom stereocenters. The Morgan fingerprint density at radius 3 is 3.10 bits per heavy atom. The number of hydrogen-bond donors (Lipinski definition) is 0. The first-order chi connectivity index (χ1) is 9.74. The molecule has 3 heterocycles. The van der Waals surface area contributed by atoms with Crippen LogP contribution in [0, 0.1) is 0 Å². The molecular weight excluding hydrogens is 358 g/mol. The van der Waals surface area contributed by atoms with Crippen LogP contribution < -0.4 is 0 Å². The number of allylic oxidation sites excluding steroid dienone is 1. The summed E-state index contributed by atoms with van der Waals surface area (Å²) >= 11 is 11.2. The Bertz CT molecular complexity index is 872. The van der Waals surface area contributed by atoms with E-state index in [1.54, 1.807) is 11.3 Å². The normalized spacial score (nSPS) is 13.1. The van der Waals surface area contributed by atoms with Crippen LogP contribution >= 0.6 is 38.9 Å². The second-order valence-corrected chi connectivity index (χ2v) is 6.50. The zero-order valence-corrected chi connectivity index (χ0v) is 13.3. The molecule has 0 saturated carbocycles. The molecule has 0 aliphatic heterocycles. The van der Waals surface area contributed by atoms with Gasteiger partial charge in [0.25, 0.3) is 0 Å². The van der Waals surface area contributed by atoms with Crippen LogP contribution in [0.5, 0.6) is 0 Å². The summed E-state index contributed by atoms with van der Waals surface area (Å²) in [5, 5.41) is 2.27. The van der Waals surface area contributed by atoms with E-state index in [0.717, 1.165) is 43.6 Å². The van der Waals surface area contributed by atoms with E-state index < -0.39 is 0 Å². The lowest BCUT2D eigenvalue weighted by Crippen LogP contribution is -1.94. The molecule has 0 spiro atoms. The minimum atomic E-state index is 0.263. The molecule has 0 bridgehead atoms. The molecule has 0 amide bonds. The van der Waals surface area contributed by atoms with Crippen LogP contribution in [-0.2, 0) is 6.42 Å². The maximum absolute atomic E-state index is 6.08. The number of fused-ring (bicyclic) bond motifs is 2. The van der Waals surface area contributed by atoms with E-state index in [-0.39, 0.29) is 5.28 Å². The Balaban J connectivity index is 2.09. The van der Waals surface area contributed by atoms with Crippen LogP contribution in [0.1, 0.15) is 11.3 Å². The highest BCUT2D eigenvalue weighted by Gasteiger charge is 2.18. The first-order valence-electron chi connectivity index (χ1n) is 5.99. The van der Waals surface area contributed by atoms with Crippen molar-refractivity contribution >= 4 is 55.2 Å². The number of pyridine rings is 1. The van der Waals surface area contributed by atoms with E-state index in [0.29, 0.717) is 0 Å². The van der Waals surface area contributed by atoms with Gasteiger partial charge in [-0.05, 0) is 33.6 Å². The summed E-state index contributed by atoms with van der Waals surface area (Å²) < 4.78 is 1.99. The molecule has 1 aliphatic rings. The maximum Gasteiger partial charge on any atom is 0.223 e. The molecule has 0 fully saturated rings. The quantitative estimate of drug-likeness (QED) is 0.585. The lowest BCUT2D eigenvalue weighted by Gasteiger charge is -2.07. The van der Waals surface area contributed by atoms with E-state index in [1.165, 1.54) is 0 Å². The highest BCUT2D eigenvalue weighted by atomic mass is 79.9. The zero-order chi connectivity index (χ0) is 13.7. The number of rotatable bonds is 1. The fourth-order valence-electron chi connectivity index (χ4n) is 2.41. The van der Waals surface area contributed by atoms with Gasteiger partial charge >= 0.3 is 0 Å².